The summed E-state index contributed by atoms with van der Waals surface area (Å²) in [5.41, 5.74) is 1.94. The van der Waals surface area contributed by atoms with E-state index in [0.717, 1.165) is 5.56 Å². The summed E-state index contributed by atoms with van der Waals surface area (Å²) in [6, 6.07) is 21.9. The van der Waals surface area contributed by atoms with E-state index in [9.17, 15) is 18.0 Å². The number of ether oxygens (including phenoxy) is 1. The van der Waals surface area contributed by atoms with Gasteiger partial charge in [-0.1, -0.05) is 37.3 Å². The molecule has 1 amide bonds. The van der Waals surface area contributed by atoms with Crippen molar-refractivity contribution in [2.75, 3.05) is 19.0 Å². The van der Waals surface area contributed by atoms with E-state index < -0.39 is 10.0 Å². The molecule has 3 aromatic rings. The van der Waals surface area contributed by atoms with Gasteiger partial charge in [-0.15, -0.1) is 0 Å². The first kappa shape index (κ1) is 24.2. The Bertz CT molecular complexity index is 1190. The average molecular weight is 467 g/mol. The van der Waals surface area contributed by atoms with Crippen LogP contribution in [-0.4, -0.2) is 38.1 Å². The summed E-state index contributed by atoms with van der Waals surface area (Å²) in [5.74, 6) is 0.122. The number of hydrogen-bond acceptors (Lipinski definition) is 5. The summed E-state index contributed by atoms with van der Waals surface area (Å²) in [6.07, 6.45) is 0.423. The van der Waals surface area contributed by atoms with Crippen LogP contribution in [0.5, 0.6) is 5.75 Å². The van der Waals surface area contributed by atoms with Crippen LogP contribution in [0, 0.1) is 0 Å². The molecular formula is C25H26N2O5S. The van der Waals surface area contributed by atoms with Crippen LogP contribution >= 0.6 is 0 Å². The molecule has 0 radical (unpaired) electrons. The number of benzene rings is 3. The minimum Gasteiger partial charge on any atom is -0.484 e. The third kappa shape index (κ3) is 6.50. The van der Waals surface area contributed by atoms with Gasteiger partial charge in [0, 0.05) is 31.3 Å². The van der Waals surface area contributed by atoms with Gasteiger partial charge in [0.25, 0.3) is 5.91 Å². The highest BCUT2D eigenvalue weighted by atomic mass is 32.2. The third-order valence-corrected chi connectivity index (χ3v) is 6.78. The third-order valence-electron chi connectivity index (χ3n) is 4.96. The fraction of sp³-hybridized carbons (Fsp3) is 0.200. The summed E-state index contributed by atoms with van der Waals surface area (Å²) >= 11 is 0. The van der Waals surface area contributed by atoms with Crippen LogP contribution in [-0.2, 0) is 21.4 Å². The number of sulfonamides is 1. The molecule has 172 valence electrons. The Morgan fingerprint density at radius 3 is 2.15 bits per heavy atom. The number of amides is 1. The lowest BCUT2D eigenvalue weighted by Gasteiger charge is -2.17. The van der Waals surface area contributed by atoms with Crippen molar-refractivity contribution in [2.45, 2.75) is 24.8 Å². The number of hydrogen-bond donors (Lipinski definition) is 1. The number of nitrogens with zero attached hydrogens (tertiary/aromatic N) is 1. The molecule has 8 heteroatoms. The van der Waals surface area contributed by atoms with E-state index in [4.69, 9.17) is 4.74 Å². The zero-order valence-corrected chi connectivity index (χ0v) is 19.3. The van der Waals surface area contributed by atoms with Crippen LogP contribution in [0.4, 0.5) is 5.69 Å². The molecule has 0 fully saturated rings. The van der Waals surface area contributed by atoms with Gasteiger partial charge in [0.2, 0.25) is 10.0 Å². The van der Waals surface area contributed by atoms with E-state index in [1.54, 1.807) is 31.2 Å². The maximum atomic E-state index is 12.8. The molecule has 0 spiro atoms. The minimum atomic E-state index is -3.67. The second kappa shape index (κ2) is 10.9. The van der Waals surface area contributed by atoms with E-state index in [0.29, 0.717) is 23.4 Å². The van der Waals surface area contributed by atoms with E-state index in [1.165, 1.54) is 35.6 Å². The molecule has 33 heavy (non-hydrogen) atoms. The lowest BCUT2D eigenvalue weighted by atomic mass is 10.1. The van der Waals surface area contributed by atoms with Crippen molar-refractivity contribution in [3.63, 3.8) is 0 Å². The van der Waals surface area contributed by atoms with Gasteiger partial charge in [0.15, 0.2) is 12.4 Å². The van der Waals surface area contributed by atoms with Gasteiger partial charge in [-0.05, 0) is 54.1 Å². The molecule has 0 saturated heterocycles. The molecule has 0 unspecified atom stereocenters. The Kier molecular flexibility index (Phi) is 7.97. The van der Waals surface area contributed by atoms with Gasteiger partial charge in [-0.3, -0.25) is 9.59 Å². The highest BCUT2D eigenvalue weighted by Gasteiger charge is 2.21. The zero-order chi connectivity index (χ0) is 23.8. The van der Waals surface area contributed by atoms with E-state index in [-0.39, 0.29) is 29.7 Å². The first-order valence-corrected chi connectivity index (χ1v) is 11.9. The van der Waals surface area contributed by atoms with Gasteiger partial charge >= 0.3 is 0 Å². The number of ketones is 1. The number of rotatable bonds is 10. The maximum absolute atomic E-state index is 12.8. The van der Waals surface area contributed by atoms with Crippen molar-refractivity contribution in [1.29, 1.82) is 0 Å². The Morgan fingerprint density at radius 2 is 1.55 bits per heavy atom. The minimum absolute atomic E-state index is 0.0380. The summed E-state index contributed by atoms with van der Waals surface area (Å²) in [7, 11) is -2.14. The van der Waals surface area contributed by atoms with Gasteiger partial charge < -0.3 is 10.1 Å². The fourth-order valence-corrected chi connectivity index (χ4v) is 4.26. The predicted molar refractivity (Wildman–Crippen MR) is 127 cm³/mol. The number of anilines is 1. The van der Waals surface area contributed by atoms with Crippen LogP contribution in [0.3, 0.4) is 0 Å². The number of carbonyl (C=O) groups excluding carboxylic acids is 2. The zero-order valence-electron chi connectivity index (χ0n) is 18.5. The lowest BCUT2D eigenvalue weighted by Crippen LogP contribution is -2.26. The van der Waals surface area contributed by atoms with Crippen molar-refractivity contribution in [1.82, 2.24) is 4.31 Å². The van der Waals surface area contributed by atoms with Crippen molar-refractivity contribution in [3.05, 3.63) is 90.0 Å². The van der Waals surface area contributed by atoms with Crippen molar-refractivity contribution in [2.24, 2.45) is 0 Å². The number of Topliss-reactive ketones (excluding diaryl/α,β-unsaturated/α-hetero) is 1. The first-order valence-electron chi connectivity index (χ1n) is 10.5. The van der Waals surface area contributed by atoms with Crippen LogP contribution in [0.15, 0.2) is 83.8 Å². The van der Waals surface area contributed by atoms with E-state index in [1.807, 2.05) is 30.3 Å². The fourth-order valence-electron chi connectivity index (χ4n) is 3.10. The van der Waals surface area contributed by atoms with Crippen molar-refractivity contribution >= 4 is 27.4 Å². The van der Waals surface area contributed by atoms with E-state index in [2.05, 4.69) is 5.32 Å². The average Bonchev–Trinajstić information content (AvgIpc) is 2.83. The second-order valence-electron chi connectivity index (χ2n) is 7.41. The summed E-state index contributed by atoms with van der Waals surface area (Å²) in [4.78, 5) is 24.0. The smallest absolute Gasteiger partial charge is 0.262 e. The molecule has 0 saturated carbocycles. The van der Waals surface area contributed by atoms with E-state index >= 15 is 0 Å². The highest BCUT2D eigenvalue weighted by Crippen LogP contribution is 2.19. The maximum Gasteiger partial charge on any atom is 0.262 e. The topological polar surface area (TPSA) is 92.8 Å². The van der Waals surface area contributed by atoms with Crippen LogP contribution in [0.2, 0.25) is 0 Å². The molecule has 0 aliphatic carbocycles. The highest BCUT2D eigenvalue weighted by molar-refractivity contribution is 7.89. The standard InChI is InChI=1S/C25H26N2O5S/c1-3-24(28)20-9-13-22(14-10-20)32-18-25(29)26-21-11-15-23(16-12-21)33(30,31)27(2)17-19-7-5-4-6-8-19/h4-16H,3,17-18H2,1-2H3,(H,26,29). The Morgan fingerprint density at radius 1 is 0.909 bits per heavy atom. The quantitative estimate of drug-likeness (QED) is 0.454. The van der Waals surface area contributed by atoms with Crippen LogP contribution in [0.25, 0.3) is 0 Å². The number of carbonyl (C=O) groups is 2. The molecule has 0 heterocycles. The largest absolute Gasteiger partial charge is 0.484 e. The first-order chi connectivity index (χ1) is 15.8. The van der Waals surface area contributed by atoms with Gasteiger partial charge in [-0.25, -0.2) is 8.42 Å². The normalized spacial score (nSPS) is 11.2. The Balaban J connectivity index is 1.55. The molecule has 0 bridgehead atoms. The molecule has 1 N–H and O–H groups in total. The second-order valence-corrected chi connectivity index (χ2v) is 9.45. The van der Waals surface area contributed by atoms with Crippen LogP contribution in [0.1, 0.15) is 29.3 Å². The van der Waals surface area contributed by atoms with Gasteiger partial charge in [0.1, 0.15) is 5.75 Å². The lowest BCUT2D eigenvalue weighted by molar-refractivity contribution is -0.118. The summed E-state index contributed by atoms with van der Waals surface area (Å²) < 4.78 is 32.4. The Labute approximate surface area is 194 Å². The molecule has 7 nitrogen and oxygen atoms in total. The summed E-state index contributed by atoms with van der Waals surface area (Å²) in [5, 5.41) is 2.67. The van der Waals surface area contributed by atoms with Gasteiger partial charge in [0.05, 0.1) is 4.90 Å². The predicted octanol–water partition coefficient (Wildman–Crippen LogP) is 4.12. The molecule has 0 aliphatic rings. The molecular weight excluding hydrogens is 440 g/mol. The Hall–Kier alpha value is -3.49. The molecule has 3 rings (SSSR count). The van der Waals surface area contributed by atoms with Crippen LogP contribution < -0.4 is 10.1 Å². The van der Waals surface area contributed by atoms with Crippen molar-refractivity contribution in [3.8, 4) is 5.75 Å². The number of nitrogens with one attached hydrogen (secondary N) is 1. The molecule has 3 aromatic carbocycles. The summed E-state index contributed by atoms with van der Waals surface area (Å²) in [6.45, 7) is 1.83. The SMILES string of the molecule is CCC(=O)c1ccc(OCC(=O)Nc2ccc(S(=O)(=O)N(C)Cc3ccccc3)cc2)cc1. The molecule has 0 aromatic heterocycles. The van der Waals surface area contributed by atoms with Gasteiger partial charge in [-0.2, -0.15) is 4.31 Å². The molecule has 0 atom stereocenters. The monoisotopic (exact) mass is 466 g/mol. The van der Waals surface area contributed by atoms with Crippen molar-refractivity contribution < 1.29 is 22.7 Å². The molecule has 0 aliphatic heterocycles.